The van der Waals surface area contributed by atoms with Crippen LogP contribution in [0.25, 0.3) is 0 Å². The van der Waals surface area contributed by atoms with Crippen LogP contribution < -0.4 is 11.1 Å². The molecule has 1 aliphatic rings. The topological polar surface area (TPSA) is 55.1 Å². The van der Waals surface area contributed by atoms with Crippen LogP contribution in [0.15, 0.2) is 0 Å². The summed E-state index contributed by atoms with van der Waals surface area (Å²) in [6.45, 7) is 2.83. The second-order valence-electron chi connectivity index (χ2n) is 4.60. The average molecular weight is 212 g/mol. The largest absolute Gasteiger partial charge is 0.353 e. The van der Waals surface area contributed by atoms with Crippen LogP contribution in [0.2, 0.25) is 0 Å². The minimum atomic E-state index is 0.205. The van der Waals surface area contributed by atoms with Crippen molar-refractivity contribution in [1.82, 2.24) is 5.32 Å². The number of carbonyl (C=O) groups is 1. The van der Waals surface area contributed by atoms with E-state index in [1.807, 2.05) is 0 Å². The zero-order valence-electron chi connectivity index (χ0n) is 9.80. The molecule has 1 aliphatic carbocycles. The molecule has 0 spiro atoms. The SMILES string of the molecule is CCC(CC1CC1)NC(=O)CCCCN. The maximum Gasteiger partial charge on any atom is 0.220 e. The molecular weight excluding hydrogens is 188 g/mol. The Labute approximate surface area is 92.8 Å². The van der Waals surface area contributed by atoms with Gasteiger partial charge in [0, 0.05) is 12.5 Å². The Bertz CT molecular complexity index is 190. The number of nitrogens with two attached hydrogens (primary N) is 1. The van der Waals surface area contributed by atoms with Gasteiger partial charge in [-0.1, -0.05) is 19.8 Å². The molecule has 3 heteroatoms. The summed E-state index contributed by atoms with van der Waals surface area (Å²) >= 11 is 0. The molecule has 0 heterocycles. The number of unbranched alkanes of at least 4 members (excludes halogenated alkanes) is 1. The van der Waals surface area contributed by atoms with Gasteiger partial charge in [-0.05, 0) is 38.1 Å². The number of hydrogen-bond donors (Lipinski definition) is 2. The van der Waals surface area contributed by atoms with Crippen LogP contribution in [-0.2, 0) is 4.79 Å². The summed E-state index contributed by atoms with van der Waals surface area (Å²) in [6.07, 6.45) is 7.46. The van der Waals surface area contributed by atoms with E-state index in [9.17, 15) is 4.79 Å². The Balaban J connectivity index is 2.09. The molecule has 1 unspecified atom stereocenters. The molecule has 1 amide bonds. The van der Waals surface area contributed by atoms with Gasteiger partial charge < -0.3 is 11.1 Å². The quantitative estimate of drug-likeness (QED) is 0.603. The number of amides is 1. The molecule has 15 heavy (non-hydrogen) atoms. The molecule has 1 rings (SSSR count). The number of carbonyl (C=O) groups excluding carboxylic acids is 1. The lowest BCUT2D eigenvalue weighted by atomic mass is 10.1. The Morgan fingerprint density at radius 3 is 2.73 bits per heavy atom. The third kappa shape index (κ3) is 5.78. The Morgan fingerprint density at radius 1 is 1.47 bits per heavy atom. The number of nitrogens with one attached hydrogen (secondary N) is 1. The summed E-state index contributed by atoms with van der Waals surface area (Å²) in [5.74, 6) is 1.09. The molecule has 0 radical (unpaired) electrons. The van der Waals surface area contributed by atoms with E-state index in [0.29, 0.717) is 19.0 Å². The van der Waals surface area contributed by atoms with Crippen LogP contribution in [0.1, 0.15) is 51.9 Å². The highest BCUT2D eigenvalue weighted by Gasteiger charge is 2.25. The van der Waals surface area contributed by atoms with Crippen molar-refractivity contribution in [3.63, 3.8) is 0 Å². The third-order valence-corrected chi connectivity index (χ3v) is 3.03. The molecule has 88 valence electrons. The van der Waals surface area contributed by atoms with E-state index >= 15 is 0 Å². The molecule has 3 N–H and O–H groups in total. The number of hydrogen-bond acceptors (Lipinski definition) is 2. The molecule has 0 saturated heterocycles. The predicted molar refractivity (Wildman–Crippen MR) is 62.5 cm³/mol. The van der Waals surface area contributed by atoms with Gasteiger partial charge in [-0.25, -0.2) is 0 Å². The molecular formula is C12H24N2O. The van der Waals surface area contributed by atoms with E-state index in [0.717, 1.165) is 25.2 Å². The van der Waals surface area contributed by atoms with Crippen LogP contribution in [0.4, 0.5) is 0 Å². The molecule has 0 bridgehead atoms. The van der Waals surface area contributed by atoms with Gasteiger partial charge in [-0.3, -0.25) is 4.79 Å². The van der Waals surface area contributed by atoms with Crippen LogP contribution in [0.3, 0.4) is 0 Å². The smallest absolute Gasteiger partial charge is 0.220 e. The lowest BCUT2D eigenvalue weighted by molar-refractivity contribution is -0.122. The lowest BCUT2D eigenvalue weighted by Gasteiger charge is -2.16. The van der Waals surface area contributed by atoms with E-state index < -0.39 is 0 Å². The summed E-state index contributed by atoms with van der Waals surface area (Å²) in [7, 11) is 0. The van der Waals surface area contributed by atoms with Crippen molar-refractivity contribution in [2.24, 2.45) is 11.7 Å². The molecule has 1 fully saturated rings. The highest BCUT2D eigenvalue weighted by Crippen LogP contribution is 2.34. The lowest BCUT2D eigenvalue weighted by Crippen LogP contribution is -2.34. The minimum Gasteiger partial charge on any atom is -0.353 e. The minimum absolute atomic E-state index is 0.205. The van der Waals surface area contributed by atoms with Crippen molar-refractivity contribution in [3.8, 4) is 0 Å². The van der Waals surface area contributed by atoms with E-state index in [-0.39, 0.29) is 5.91 Å². The van der Waals surface area contributed by atoms with Gasteiger partial charge in [0.05, 0.1) is 0 Å². The van der Waals surface area contributed by atoms with Crippen molar-refractivity contribution >= 4 is 5.91 Å². The van der Waals surface area contributed by atoms with Gasteiger partial charge in [0.2, 0.25) is 5.91 Å². The molecule has 1 saturated carbocycles. The van der Waals surface area contributed by atoms with Crippen molar-refractivity contribution in [2.45, 2.75) is 57.9 Å². The van der Waals surface area contributed by atoms with Crippen molar-refractivity contribution in [3.05, 3.63) is 0 Å². The van der Waals surface area contributed by atoms with Crippen LogP contribution in [0.5, 0.6) is 0 Å². The first kappa shape index (κ1) is 12.5. The standard InChI is InChI=1S/C12H24N2O/c1-2-11(9-10-6-7-10)14-12(15)5-3-4-8-13/h10-11H,2-9,13H2,1H3,(H,14,15). The summed E-state index contributed by atoms with van der Waals surface area (Å²) in [5.41, 5.74) is 5.38. The summed E-state index contributed by atoms with van der Waals surface area (Å²) < 4.78 is 0. The molecule has 1 atom stereocenters. The highest BCUT2D eigenvalue weighted by atomic mass is 16.1. The first-order chi connectivity index (χ1) is 7.26. The van der Waals surface area contributed by atoms with Gasteiger partial charge in [-0.2, -0.15) is 0 Å². The maximum absolute atomic E-state index is 11.5. The number of rotatable bonds is 8. The molecule has 0 aromatic carbocycles. The van der Waals surface area contributed by atoms with E-state index in [4.69, 9.17) is 5.73 Å². The van der Waals surface area contributed by atoms with Crippen LogP contribution in [-0.4, -0.2) is 18.5 Å². The van der Waals surface area contributed by atoms with E-state index in [1.165, 1.54) is 19.3 Å². The van der Waals surface area contributed by atoms with Crippen molar-refractivity contribution in [1.29, 1.82) is 0 Å². The second kappa shape index (κ2) is 6.83. The van der Waals surface area contributed by atoms with E-state index in [2.05, 4.69) is 12.2 Å². The van der Waals surface area contributed by atoms with Gasteiger partial charge in [0.1, 0.15) is 0 Å². The predicted octanol–water partition coefficient (Wildman–Crippen LogP) is 1.81. The molecule has 0 aromatic heterocycles. The average Bonchev–Trinajstić information content (AvgIpc) is 3.01. The summed E-state index contributed by atoms with van der Waals surface area (Å²) in [5, 5.41) is 3.12. The summed E-state index contributed by atoms with van der Waals surface area (Å²) in [6, 6.07) is 0.405. The van der Waals surface area contributed by atoms with Crippen molar-refractivity contribution < 1.29 is 4.79 Å². The fourth-order valence-electron chi connectivity index (χ4n) is 1.81. The molecule has 3 nitrogen and oxygen atoms in total. The Hall–Kier alpha value is -0.570. The van der Waals surface area contributed by atoms with E-state index in [1.54, 1.807) is 0 Å². The highest BCUT2D eigenvalue weighted by molar-refractivity contribution is 5.76. The second-order valence-corrected chi connectivity index (χ2v) is 4.60. The molecule has 0 aromatic rings. The monoisotopic (exact) mass is 212 g/mol. The van der Waals surface area contributed by atoms with Gasteiger partial charge >= 0.3 is 0 Å². The van der Waals surface area contributed by atoms with Gasteiger partial charge in [0.15, 0.2) is 0 Å². The van der Waals surface area contributed by atoms with Gasteiger partial charge in [0.25, 0.3) is 0 Å². The first-order valence-electron chi connectivity index (χ1n) is 6.25. The Morgan fingerprint density at radius 2 is 2.20 bits per heavy atom. The van der Waals surface area contributed by atoms with Crippen molar-refractivity contribution in [2.75, 3.05) is 6.54 Å². The van der Waals surface area contributed by atoms with Crippen LogP contribution >= 0.6 is 0 Å². The normalized spacial score (nSPS) is 17.5. The molecule has 0 aliphatic heterocycles. The Kier molecular flexibility index (Phi) is 5.69. The first-order valence-corrected chi connectivity index (χ1v) is 6.25. The zero-order valence-corrected chi connectivity index (χ0v) is 9.80. The van der Waals surface area contributed by atoms with Crippen LogP contribution in [0, 0.1) is 5.92 Å². The maximum atomic E-state index is 11.5. The third-order valence-electron chi connectivity index (χ3n) is 3.03. The van der Waals surface area contributed by atoms with Gasteiger partial charge in [-0.15, -0.1) is 0 Å². The summed E-state index contributed by atoms with van der Waals surface area (Å²) in [4.78, 5) is 11.5. The zero-order chi connectivity index (χ0) is 11.1. The fraction of sp³-hybridized carbons (Fsp3) is 0.917. The fourth-order valence-corrected chi connectivity index (χ4v) is 1.81.